The molecule has 1 saturated heterocycles. The summed E-state index contributed by atoms with van der Waals surface area (Å²) in [6.45, 7) is 7.23. The van der Waals surface area contributed by atoms with Gasteiger partial charge in [0.1, 0.15) is 17.6 Å². The van der Waals surface area contributed by atoms with Crippen molar-refractivity contribution < 1.29 is 8.42 Å². The Labute approximate surface area is 231 Å². The summed E-state index contributed by atoms with van der Waals surface area (Å²) >= 11 is 0. The lowest BCUT2D eigenvalue weighted by molar-refractivity contribution is 0.584. The lowest BCUT2D eigenvalue weighted by Crippen LogP contribution is -2.46. The molecule has 4 aromatic carbocycles. The van der Waals surface area contributed by atoms with E-state index in [1.807, 2.05) is 0 Å². The van der Waals surface area contributed by atoms with Crippen molar-refractivity contribution in [1.29, 1.82) is 0 Å². The highest BCUT2D eigenvalue weighted by molar-refractivity contribution is 7.92. The maximum absolute atomic E-state index is 13.0. The molecule has 0 aliphatic carbocycles. The van der Waals surface area contributed by atoms with Crippen LogP contribution in [0.3, 0.4) is 0 Å². The van der Waals surface area contributed by atoms with Gasteiger partial charge in [0.15, 0.2) is 9.84 Å². The Bertz CT molecular complexity index is 1710. The van der Waals surface area contributed by atoms with Gasteiger partial charge in [-0.1, -0.05) is 108 Å². The third-order valence-electron chi connectivity index (χ3n) is 9.52. The molecule has 0 radical (unpaired) electrons. The highest BCUT2D eigenvalue weighted by Crippen LogP contribution is 2.37. The van der Waals surface area contributed by atoms with Crippen molar-refractivity contribution in [2.75, 3.05) is 5.75 Å². The van der Waals surface area contributed by atoms with Crippen LogP contribution in [0.25, 0.3) is 22.3 Å². The number of fused-ring (bicyclic) bond motifs is 5. The van der Waals surface area contributed by atoms with E-state index in [1.54, 1.807) is 10.4 Å². The fraction of sp³-hybridized carbons (Fsp3) is 0.250. The summed E-state index contributed by atoms with van der Waals surface area (Å²) in [5.41, 5.74) is 9.31. The molecular weight excluding hydrogens is 533 g/mol. The predicted octanol–water partition coefficient (Wildman–Crippen LogP) is 3.51. The summed E-state index contributed by atoms with van der Waals surface area (Å²) in [7, 11) is -6.50. The quantitative estimate of drug-likeness (QED) is 0.348. The minimum atomic E-state index is -3.04. The van der Waals surface area contributed by atoms with Gasteiger partial charge in [0.25, 0.3) is 0 Å². The lowest BCUT2D eigenvalue weighted by Gasteiger charge is -2.27. The average Bonchev–Trinajstić information content (AvgIpc) is 3.20. The topological polar surface area (TPSA) is 34.1 Å². The summed E-state index contributed by atoms with van der Waals surface area (Å²) < 4.78 is 25.9. The molecule has 0 N–H and O–H groups in total. The molecular formula is C32H34O2SSi3. The third kappa shape index (κ3) is 3.87. The van der Waals surface area contributed by atoms with Crippen LogP contribution < -0.4 is 20.7 Å². The number of benzene rings is 4. The first kappa shape index (κ1) is 24.5. The van der Waals surface area contributed by atoms with Crippen LogP contribution in [-0.4, -0.2) is 40.6 Å². The Morgan fingerprint density at radius 2 is 1.39 bits per heavy atom. The Morgan fingerprint density at radius 1 is 0.684 bits per heavy atom. The van der Waals surface area contributed by atoms with Gasteiger partial charge in [-0.25, -0.2) is 8.42 Å². The van der Waals surface area contributed by atoms with Crippen molar-refractivity contribution in [2.24, 2.45) is 0 Å². The van der Waals surface area contributed by atoms with E-state index in [2.05, 4.69) is 98.5 Å². The van der Waals surface area contributed by atoms with E-state index >= 15 is 0 Å². The zero-order valence-electron chi connectivity index (χ0n) is 22.4. The van der Waals surface area contributed by atoms with Crippen LogP contribution in [0.2, 0.25) is 31.7 Å². The van der Waals surface area contributed by atoms with Crippen molar-refractivity contribution in [3.63, 3.8) is 0 Å². The molecule has 0 bridgehead atoms. The lowest BCUT2D eigenvalue weighted by atomic mass is 9.97. The van der Waals surface area contributed by atoms with E-state index in [9.17, 15) is 8.42 Å². The standard InChI is InChI=1S/C32H34O2SSi3/c1-36-15-14-35(33,34)28(20-36)23-11-13-30-27(17-23)26-12-10-22(19-32(26)38(30)3)21-8-9-25-16-24-6-4-5-7-29(24)37(2)31(25)18-21/h4-13,17-19,28,36-38H,14-16,20H2,1-3H3/t28?,36-,37+,38-/m0/s1. The number of hydrogen-bond donors (Lipinski definition) is 0. The van der Waals surface area contributed by atoms with Gasteiger partial charge in [0, 0.05) is 14.5 Å². The van der Waals surface area contributed by atoms with E-state index in [4.69, 9.17) is 0 Å². The first-order valence-corrected chi connectivity index (χ1v) is 23.1. The van der Waals surface area contributed by atoms with Crippen molar-refractivity contribution >= 4 is 57.0 Å². The molecule has 3 aliphatic rings. The summed E-state index contributed by atoms with van der Waals surface area (Å²) in [4.78, 5) is 0. The molecule has 2 nitrogen and oxygen atoms in total. The second-order valence-corrected chi connectivity index (χ2v) is 22.8. The molecule has 0 aromatic heterocycles. The van der Waals surface area contributed by atoms with Crippen LogP contribution in [0.5, 0.6) is 0 Å². The summed E-state index contributed by atoms with van der Waals surface area (Å²) in [5.74, 6) is 0.376. The van der Waals surface area contributed by atoms with Crippen LogP contribution in [-0.2, 0) is 16.3 Å². The van der Waals surface area contributed by atoms with E-state index in [-0.39, 0.29) is 5.25 Å². The normalized spacial score (nSPS) is 24.7. The highest BCUT2D eigenvalue weighted by atomic mass is 32.2. The average molecular weight is 567 g/mol. The number of rotatable bonds is 2. The fourth-order valence-corrected chi connectivity index (χ4v) is 19.6. The molecule has 1 fully saturated rings. The van der Waals surface area contributed by atoms with Crippen LogP contribution in [0.15, 0.2) is 78.9 Å². The maximum Gasteiger partial charge on any atom is 0.156 e. The second kappa shape index (κ2) is 9.01. The zero-order chi connectivity index (χ0) is 26.2. The second-order valence-electron chi connectivity index (χ2n) is 11.9. The monoisotopic (exact) mass is 566 g/mol. The minimum Gasteiger partial charge on any atom is -0.228 e. The number of sulfone groups is 1. The first-order chi connectivity index (χ1) is 18.3. The van der Waals surface area contributed by atoms with Crippen molar-refractivity contribution in [2.45, 2.75) is 43.4 Å². The van der Waals surface area contributed by atoms with Gasteiger partial charge in [0.2, 0.25) is 0 Å². The molecule has 4 atom stereocenters. The molecule has 0 amide bonds. The maximum atomic E-state index is 13.0. The molecule has 192 valence electrons. The van der Waals surface area contributed by atoms with Crippen LogP contribution >= 0.6 is 0 Å². The Hall–Kier alpha value is -2.52. The van der Waals surface area contributed by atoms with Gasteiger partial charge < -0.3 is 0 Å². The van der Waals surface area contributed by atoms with Gasteiger partial charge in [0.05, 0.1) is 5.25 Å². The Morgan fingerprint density at radius 3 is 2.24 bits per heavy atom. The summed E-state index contributed by atoms with van der Waals surface area (Å²) in [6.07, 6.45) is 1.05. The van der Waals surface area contributed by atoms with Crippen molar-refractivity contribution in [1.82, 2.24) is 0 Å². The minimum absolute atomic E-state index is 0.296. The largest absolute Gasteiger partial charge is 0.228 e. The van der Waals surface area contributed by atoms with Crippen LogP contribution in [0, 0.1) is 0 Å². The molecule has 0 spiro atoms. The first-order valence-electron chi connectivity index (χ1n) is 14.0. The molecule has 7 rings (SSSR count). The van der Waals surface area contributed by atoms with Gasteiger partial charge in [-0.15, -0.1) is 0 Å². The summed E-state index contributed by atoms with van der Waals surface area (Å²) in [6, 6.07) is 31.7. The van der Waals surface area contributed by atoms with Gasteiger partial charge in [-0.3, -0.25) is 0 Å². The SMILES string of the molecule is C[Si@H]1CCS(=O)(=O)C(c2ccc3c(c2)-c2ccc(-c4ccc5c(c4)[Si@H](C)c4ccccc4C5)cc2[Si@H]3C)C1. The highest BCUT2D eigenvalue weighted by Gasteiger charge is 2.35. The number of hydrogen-bond acceptors (Lipinski definition) is 2. The molecule has 6 heteroatoms. The van der Waals surface area contributed by atoms with E-state index in [0.29, 0.717) is 5.75 Å². The van der Waals surface area contributed by atoms with Crippen molar-refractivity contribution in [3.8, 4) is 22.3 Å². The Kier molecular flexibility index (Phi) is 5.82. The molecule has 3 heterocycles. The van der Waals surface area contributed by atoms with E-state index in [1.165, 1.54) is 43.8 Å². The van der Waals surface area contributed by atoms with Crippen molar-refractivity contribution in [3.05, 3.63) is 95.6 Å². The molecule has 0 saturated carbocycles. The molecule has 1 unspecified atom stereocenters. The molecule has 4 aromatic rings. The zero-order valence-corrected chi connectivity index (χ0v) is 26.6. The van der Waals surface area contributed by atoms with Gasteiger partial charge >= 0.3 is 0 Å². The van der Waals surface area contributed by atoms with Crippen LogP contribution in [0.1, 0.15) is 21.9 Å². The third-order valence-corrected chi connectivity index (χ3v) is 20.8. The van der Waals surface area contributed by atoms with Gasteiger partial charge in [-0.05, 0) is 68.7 Å². The molecule has 3 aliphatic heterocycles. The van der Waals surface area contributed by atoms with E-state index < -0.39 is 36.2 Å². The smallest absolute Gasteiger partial charge is 0.156 e. The Balaban J connectivity index is 1.25. The molecule has 38 heavy (non-hydrogen) atoms. The van der Waals surface area contributed by atoms with Gasteiger partial charge in [-0.2, -0.15) is 0 Å². The predicted molar refractivity (Wildman–Crippen MR) is 170 cm³/mol. The van der Waals surface area contributed by atoms with Crippen LogP contribution in [0.4, 0.5) is 0 Å². The summed E-state index contributed by atoms with van der Waals surface area (Å²) in [5, 5.41) is 5.84. The van der Waals surface area contributed by atoms with E-state index in [0.717, 1.165) is 24.1 Å². The fourth-order valence-electron chi connectivity index (χ4n) is 7.21.